The summed E-state index contributed by atoms with van der Waals surface area (Å²) in [6.45, 7) is 5.83. The molecule has 0 fully saturated rings. The molecule has 0 saturated heterocycles. The van der Waals surface area contributed by atoms with Gasteiger partial charge in [0.25, 0.3) is 0 Å². The summed E-state index contributed by atoms with van der Waals surface area (Å²) in [5.74, 6) is 1.43. The molecule has 2 rings (SSSR count). The fraction of sp³-hybridized carbons (Fsp3) is 0.364. The van der Waals surface area contributed by atoms with E-state index in [-0.39, 0.29) is 12.3 Å². The summed E-state index contributed by atoms with van der Waals surface area (Å²) in [6.07, 6.45) is 1.14. The zero-order valence-corrected chi connectivity index (χ0v) is 18.0. The molecule has 0 bridgehead atoms. The third kappa shape index (κ3) is 8.03. The van der Waals surface area contributed by atoms with Crippen molar-refractivity contribution in [1.82, 2.24) is 10.6 Å². The lowest BCUT2D eigenvalue weighted by Gasteiger charge is -2.12. The Morgan fingerprint density at radius 2 is 1.90 bits per heavy atom. The van der Waals surface area contributed by atoms with E-state index in [0.29, 0.717) is 23.2 Å². The number of rotatable bonds is 9. The number of nitrogens with one attached hydrogen (secondary N) is 3. The van der Waals surface area contributed by atoms with Crippen molar-refractivity contribution in [3.05, 3.63) is 58.6 Å². The molecular weight excluding hydrogens is 388 g/mol. The van der Waals surface area contributed by atoms with Gasteiger partial charge in [0.15, 0.2) is 5.96 Å². The number of benzene rings is 2. The first kappa shape index (κ1) is 22.6. The summed E-state index contributed by atoms with van der Waals surface area (Å²) < 4.78 is 5.17. The summed E-state index contributed by atoms with van der Waals surface area (Å²) in [5, 5.41) is 9.85. The molecule has 7 heteroatoms. The molecule has 0 saturated carbocycles. The van der Waals surface area contributed by atoms with Crippen LogP contribution in [0, 0.1) is 6.92 Å². The SMILES string of the molecule is CCNC(=NCCC(=O)Nc1ccc(C)cc1Cl)NCCc1ccc(OC)cc1. The lowest BCUT2D eigenvalue weighted by Crippen LogP contribution is -2.38. The van der Waals surface area contributed by atoms with E-state index in [1.807, 2.05) is 56.3 Å². The van der Waals surface area contributed by atoms with Crippen LogP contribution in [-0.2, 0) is 11.2 Å². The highest BCUT2D eigenvalue weighted by molar-refractivity contribution is 6.33. The van der Waals surface area contributed by atoms with Gasteiger partial charge in [-0.25, -0.2) is 0 Å². The van der Waals surface area contributed by atoms with Crippen molar-refractivity contribution < 1.29 is 9.53 Å². The van der Waals surface area contributed by atoms with Crippen molar-refractivity contribution >= 4 is 29.2 Å². The van der Waals surface area contributed by atoms with Crippen molar-refractivity contribution in [3.63, 3.8) is 0 Å². The number of nitrogens with zero attached hydrogens (tertiary/aromatic N) is 1. The molecular formula is C22H29ClN4O2. The number of hydrogen-bond acceptors (Lipinski definition) is 3. The summed E-state index contributed by atoms with van der Waals surface area (Å²) in [6, 6.07) is 13.5. The summed E-state index contributed by atoms with van der Waals surface area (Å²) in [4.78, 5) is 16.6. The molecule has 1 amide bonds. The normalized spacial score (nSPS) is 11.1. The molecule has 3 N–H and O–H groups in total. The molecule has 0 unspecified atom stereocenters. The predicted octanol–water partition coefficient (Wildman–Crippen LogP) is 3.78. The monoisotopic (exact) mass is 416 g/mol. The van der Waals surface area contributed by atoms with Gasteiger partial charge in [-0.05, 0) is 55.7 Å². The predicted molar refractivity (Wildman–Crippen MR) is 120 cm³/mol. The van der Waals surface area contributed by atoms with Gasteiger partial charge in [0, 0.05) is 19.5 Å². The molecule has 0 aliphatic rings. The molecule has 0 spiro atoms. The topological polar surface area (TPSA) is 74.8 Å². The largest absolute Gasteiger partial charge is 0.497 e. The van der Waals surface area contributed by atoms with Crippen molar-refractivity contribution in [3.8, 4) is 5.75 Å². The second kappa shape index (κ2) is 12.0. The molecule has 0 heterocycles. The number of anilines is 1. The summed E-state index contributed by atoms with van der Waals surface area (Å²) >= 11 is 6.15. The minimum atomic E-state index is -0.117. The number of guanidine groups is 1. The van der Waals surface area contributed by atoms with E-state index in [4.69, 9.17) is 16.3 Å². The van der Waals surface area contributed by atoms with E-state index in [9.17, 15) is 4.79 Å². The minimum absolute atomic E-state index is 0.117. The fourth-order valence-electron chi connectivity index (χ4n) is 2.66. The number of halogens is 1. The highest BCUT2D eigenvalue weighted by atomic mass is 35.5. The Balaban J connectivity index is 1.78. The zero-order chi connectivity index (χ0) is 21.1. The highest BCUT2D eigenvalue weighted by Crippen LogP contribution is 2.22. The minimum Gasteiger partial charge on any atom is -0.497 e. The Labute approximate surface area is 177 Å². The Morgan fingerprint density at radius 1 is 1.14 bits per heavy atom. The van der Waals surface area contributed by atoms with Crippen LogP contribution in [0.25, 0.3) is 0 Å². The van der Waals surface area contributed by atoms with E-state index >= 15 is 0 Å². The van der Waals surface area contributed by atoms with Crippen LogP contribution in [-0.4, -0.2) is 38.6 Å². The maximum Gasteiger partial charge on any atom is 0.226 e. The Bertz CT molecular complexity index is 822. The molecule has 2 aromatic rings. The van der Waals surface area contributed by atoms with Crippen LogP contribution >= 0.6 is 11.6 Å². The Kier molecular flexibility index (Phi) is 9.31. The smallest absolute Gasteiger partial charge is 0.226 e. The van der Waals surface area contributed by atoms with Crippen LogP contribution in [0.4, 0.5) is 5.69 Å². The number of carbonyl (C=O) groups is 1. The average molecular weight is 417 g/mol. The lowest BCUT2D eigenvalue weighted by molar-refractivity contribution is -0.116. The third-order valence-corrected chi connectivity index (χ3v) is 4.53. The number of methoxy groups -OCH3 is 1. The lowest BCUT2D eigenvalue weighted by atomic mass is 10.1. The van der Waals surface area contributed by atoms with Gasteiger partial charge in [-0.2, -0.15) is 0 Å². The van der Waals surface area contributed by atoms with Crippen molar-refractivity contribution in [2.24, 2.45) is 4.99 Å². The molecule has 156 valence electrons. The van der Waals surface area contributed by atoms with Gasteiger partial charge in [-0.3, -0.25) is 9.79 Å². The number of aryl methyl sites for hydroxylation is 1. The van der Waals surface area contributed by atoms with E-state index in [1.165, 1.54) is 5.56 Å². The van der Waals surface area contributed by atoms with E-state index in [2.05, 4.69) is 20.9 Å². The van der Waals surface area contributed by atoms with Gasteiger partial charge in [-0.15, -0.1) is 0 Å². The van der Waals surface area contributed by atoms with Gasteiger partial charge in [0.2, 0.25) is 5.91 Å². The van der Waals surface area contributed by atoms with Crippen LogP contribution in [0.1, 0.15) is 24.5 Å². The maximum atomic E-state index is 12.2. The molecule has 0 aliphatic heterocycles. The molecule has 0 aromatic heterocycles. The third-order valence-electron chi connectivity index (χ3n) is 4.22. The molecule has 0 aliphatic carbocycles. The van der Waals surface area contributed by atoms with Gasteiger partial charge < -0.3 is 20.7 Å². The number of ether oxygens (including phenoxy) is 1. The van der Waals surface area contributed by atoms with E-state index in [1.54, 1.807) is 7.11 Å². The number of amides is 1. The second-order valence-corrected chi connectivity index (χ2v) is 6.97. The van der Waals surface area contributed by atoms with Gasteiger partial charge in [0.1, 0.15) is 5.75 Å². The first-order valence-electron chi connectivity index (χ1n) is 9.73. The van der Waals surface area contributed by atoms with Crippen molar-refractivity contribution in [2.75, 3.05) is 32.1 Å². The van der Waals surface area contributed by atoms with Crippen LogP contribution in [0.15, 0.2) is 47.5 Å². The van der Waals surface area contributed by atoms with Crippen molar-refractivity contribution in [2.45, 2.75) is 26.7 Å². The molecule has 0 radical (unpaired) electrons. The number of hydrogen-bond donors (Lipinski definition) is 3. The van der Waals surface area contributed by atoms with E-state index < -0.39 is 0 Å². The molecule has 2 aromatic carbocycles. The Hall–Kier alpha value is -2.73. The standard InChI is InChI=1S/C22H29ClN4O2/c1-4-24-22(25-13-11-17-6-8-18(29-3)9-7-17)26-14-12-21(28)27-20-10-5-16(2)15-19(20)23/h5-10,15H,4,11-14H2,1-3H3,(H,27,28)(H2,24,25,26). The first-order chi connectivity index (χ1) is 14.0. The number of aliphatic imine (C=N–C) groups is 1. The fourth-order valence-corrected chi connectivity index (χ4v) is 2.95. The second-order valence-electron chi connectivity index (χ2n) is 6.57. The first-order valence-corrected chi connectivity index (χ1v) is 10.1. The van der Waals surface area contributed by atoms with Crippen LogP contribution in [0.5, 0.6) is 5.75 Å². The maximum absolute atomic E-state index is 12.2. The molecule has 29 heavy (non-hydrogen) atoms. The quantitative estimate of drug-likeness (QED) is 0.429. The highest BCUT2D eigenvalue weighted by Gasteiger charge is 2.06. The molecule has 0 atom stereocenters. The molecule has 6 nitrogen and oxygen atoms in total. The van der Waals surface area contributed by atoms with Gasteiger partial charge in [-0.1, -0.05) is 29.8 Å². The van der Waals surface area contributed by atoms with Crippen LogP contribution in [0.3, 0.4) is 0 Å². The van der Waals surface area contributed by atoms with E-state index in [0.717, 1.165) is 30.8 Å². The zero-order valence-electron chi connectivity index (χ0n) is 17.2. The van der Waals surface area contributed by atoms with Crippen LogP contribution < -0.4 is 20.7 Å². The summed E-state index contributed by atoms with van der Waals surface area (Å²) in [7, 11) is 1.66. The van der Waals surface area contributed by atoms with Gasteiger partial charge >= 0.3 is 0 Å². The average Bonchev–Trinajstić information content (AvgIpc) is 2.70. The van der Waals surface area contributed by atoms with Crippen molar-refractivity contribution in [1.29, 1.82) is 0 Å². The Morgan fingerprint density at radius 3 is 2.55 bits per heavy atom. The van der Waals surface area contributed by atoms with Crippen LogP contribution in [0.2, 0.25) is 5.02 Å². The van der Waals surface area contributed by atoms with Gasteiger partial charge in [0.05, 0.1) is 24.4 Å². The summed E-state index contributed by atoms with van der Waals surface area (Å²) in [5.41, 5.74) is 2.88. The number of carbonyl (C=O) groups excluding carboxylic acids is 1.